The molecule has 0 bridgehead atoms. The molecule has 0 saturated heterocycles. The number of aromatic nitrogens is 4. The van der Waals surface area contributed by atoms with Crippen LogP contribution in [-0.2, 0) is 13.0 Å². The fraction of sp³-hybridized carbons (Fsp3) is 0.182. The Labute approximate surface area is 178 Å². The fourth-order valence-corrected chi connectivity index (χ4v) is 3.76. The Kier molecular flexibility index (Phi) is 5.85. The lowest BCUT2D eigenvalue weighted by molar-refractivity contribution is 0.102. The molecule has 0 aliphatic rings. The predicted octanol–water partition coefficient (Wildman–Crippen LogP) is 4.27. The largest absolute Gasteiger partial charge is 0.496 e. The van der Waals surface area contributed by atoms with Crippen LogP contribution >= 0.6 is 11.3 Å². The van der Waals surface area contributed by atoms with E-state index in [1.807, 2.05) is 61.5 Å². The molecule has 0 saturated carbocycles. The summed E-state index contributed by atoms with van der Waals surface area (Å²) in [7, 11) is 1.60. The highest BCUT2D eigenvalue weighted by atomic mass is 32.1. The standard InChI is InChI=1S/C22H21N5O2S/c1-3-19-24-25-22(30-19)23-21(28)17-14-27(13-15-9-5-4-6-10-15)26-20(17)16-11-7-8-12-18(16)29-2/h4-12,14H,3,13H2,1-2H3,(H,23,25,28). The highest BCUT2D eigenvalue weighted by Crippen LogP contribution is 2.31. The van der Waals surface area contributed by atoms with E-state index in [0.29, 0.717) is 28.7 Å². The number of nitrogens with one attached hydrogen (secondary N) is 1. The Morgan fingerprint density at radius 1 is 1.10 bits per heavy atom. The average Bonchev–Trinajstić information content (AvgIpc) is 3.41. The number of methoxy groups -OCH3 is 1. The molecule has 0 unspecified atom stereocenters. The van der Waals surface area contributed by atoms with Gasteiger partial charge in [0.05, 0.1) is 19.2 Å². The summed E-state index contributed by atoms with van der Waals surface area (Å²) in [5.41, 5.74) is 2.85. The molecule has 1 N–H and O–H groups in total. The number of carbonyl (C=O) groups excluding carboxylic acids is 1. The van der Waals surface area contributed by atoms with E-state index >= 15 is 0 Å². The number of hydrogen-bond donors (Lipinski definition) is 1. The number of hydrogen-bond acceptors (Lipinski definition) is 6. The molecule has 4 aromatic rings. The highest BCUT2D eigenvalue weighted by Gasteiger charge is 2.21. The van der Waals surface area contributed by atoms with Crippen LogP contribution in [0.3, 0.4) is 0 Å². The molecular weight excluding hydrogens is 398 g/mol. The monoisotopic (exact) mass is 419 g/mol. The van der Waals surface area contributed by atoms with Gasteiger partial charge >= 0.3 is 0 Å². The van der Waals surface area contributed by atoms with Crippen LogP contribution < -0.4 is 10.1 Å². The van der Waals surface area contributed by atoms with Crippen LogP contribution in [0.2, 0.25) is 0 Å². The van der Waals surface area contributed by atoms with Crippen molar-refractivity contribution in [1.29, 1.82) is 0 Å². The average molecular weight is 420 g/mol. The number of para-hydroxylation sites is 1. The molecular formula is C22H21N5O2S. The normalized spacial score (nSPS) is 10.7. The van der Waals surface area contributed by atoms with Crippen molar-refractivity contribution >= 4 is 22.4 Å². The van der Waals surface area contributed by atoms with Crippen molar-refractivity contribution in [3.8, 4) is 17.0 Å². The summed E-state index contributed by atoms with van der Waals surface area (Å²) in [6, 6.07) is 17.5. The first kappa shape index (κ1) is 19.8. The van der Waals surface area contributed by atoms with Crippen LogP contribution in [-0.4, -0.2) is 33.0 Å². The van der Waals surface area contributed by atoms with Gasteiger partial charge in [0.2, 0.25) is 5.13 Å². The van der Waals surface area contributed by atoms with E-state index in [2.05, 4.69) is 15.5 Å². The van der Waals surface area contributed by atoms with E-state index in [1.165, 1.54) is 11.3 Å². The van der Waals surface area contributed by atoms with Gasteiger partial charge in [0.1, 0.15) is 16.5 Å². The number of carbonyl (C=O) groups is 1. The highest BCUT2D eigenvalue weighted by molar-refractivity contribution is 7.15. The van der Waals surface area contributed by atoms with Crippen molar-refractivity contribution < 1.29 is 9.53 Å². The van der Waals surface area contributed by atoms with Gasteiger partial charge in [-0.05, 0) is 24.1 Å². The second kappa shape index (κ2) is 8.87. The molecule has 0 radical (unpaired) electrons. The van der Waals surface area contributed by atoms with Gasteiger partial charge in [-0.25, -0.2) is 0 Å². The second-order valence-electron chi connectivity index (χ2n) is 6.58. The van der Waals surface area contributed by atoms with Crippen molar-refractivity contribution in [2.75, 3.05) is 12.4 Å². The van der Waals surface area contributed by atoms with Gasteiger partial charge in [0, 0.05) is 11.8 Å². The Balaban J connectivity index is 1.72. The Bertz CT molecular complexity index is 1150. The first-order valence-corrected chi connectivity index (χ1v) is 10.4. The summed E-state index contributed by atoms with van der Waals surface area (Å²) >= 11 is 1.37. The SMILES string of the molecule is CCc1nnc(NC(=O)c2cn(Cc3ccccc3)nc2-c2ccccc2OC)s1. The van der Waals surface area contributed by atoms with Gasteiger partial charge in [-0.15, -0.1) is 10.2 Å². The summed E-state index contributed by atoms with van der Waals surface area (Å²) in [4.78, 5) is 13.1. The smallest absolute Gasteiger partial charge is 0.261 e. The lowest BCUT2D eigenvalue weighted by Crippen LogP contribution is -2.12. The summed E-state index contributed by atoms with van der Waals surface area (Å²) in [5, 5.41) is 17.0. The Hall–Kier alpha value is -3.52. The molecule has 2 heterocycles. The third-order valence-electron chi connectivity index (χ3n) is 4.55. The number of anilines is 1. The Morgan fingerprint density at radius 3 is 2.60 bits per heavy atom. The molecule has 1 amide bonds. The van der Waals surface area contributed by atoms with Crippen LogP contribution in [0.5, 0.6) is 5.75 Å². The molecule has 7 nitrogen and oxygen atoms in total. The zero-order chi connectivity index (χ0) is 20.9. The van der Waals surface area contributed by atoms with Gasteiger partial charge in [-0.1, -0.05) is 60.7 Å². The van der Waals surface area contributed by atoms with E-state index in [0.717, 1.165) is 22.6 Å². The van der Waals surface area contributed by atoms with Gasteiger partial charge in [-0.2, -0.15) is 5.10 Å². The number of aryl methyl sites for hydroxylation is 1. The van der Waals surface area contributed by atoms with Crippen LogP contribution in [0.1, 0.15) is 27.9 Å². The van der Waals surface area contributed by atoms with Gasteiger partial charge < -0.3 is 4.74 Å². The summed E-state index contributed by atoms with van der Waals surface area (Å²) in [5.74, 6) is 0.370. The maximum Gasteiger partial charge on any atom is 0.261 e. The molecule has 2 aromatic heterocycles. The lowest BCUT2D eigenvalue weighted by atomic mass is 10.1. The maximum atomic E-state index is 13.1. The van der Waals surface area contributed by atoms with E-state index in [-0.39, 0.29) is 5.91 Å². The van der Waals surface area contributed by atoms with Crippen LogP contribution in [0, 0.1) is 0 Å². The van der Waals surface area contributed by atoms with Crippen LogP contribution in [0.15, 0.2) is 60.8 Å². The number of nitrogens with zero attached hydrogens (tertiary/aromatic N) is 4. The van der Waals surface area contributed by atoms with Gasteiger partial charge in [-0.3, -0.25) is 14.8 Å². The van der Waals surface area contributed by atoms with Crippen molar-refractivity contribution in [1.82, 2.24) is 20.0 Å². The lowest BCUT2D eigenvalue weighted by Gasteiger charge is -2.07. The second-order valence-corrected chi connectivity index (χ2v) is 7.65. The first-order valence-electron chi connectivity index (χ1n) is 9.56. The molecule has 0 spiro atoms. The molecule has 30 heavy (non-hydrogen) atoms. The summed E-state index contributed by atoms with van der Waals surface area (Å²) in [6.45, 7) is 2.55. The topological polar surface area (TPSA) is 81.9 Å². The van der Waals surface area contributed by atoms with Crippen LogP contribution in [0.25, 0.3) is 11.3 Å². The number of amides is 1. The predicted molar refractivity (Wildman–Crippen MR) is 117 cm³/mol. The zero-order valence-electron chi connectivity index (χ0n) is 16.7. The van der Waals surface area contributed by atoms with E-state index in [1.54, 1.807) is 18.0 Å². The van der Waals surface area contributed by atoms with Crippen molar-refractivity contribution in [2.24, 2.45) is 0 Å². The van der Waals surface area contributed by atoms with Crippen molar-refractivity contribution in [2.45, 2.75) is 19.9 Å². The number of rotatable bonds is 7. The van der Waals surface area contributed by atoms with E-state index in [9.17, 15) is 4.79 Å². The summed E-state index contributed by atoms with van der Waals surface area (Å²) in [6.07, 6.45) is 2.53. The zero-order valence-corrected chi connectivity index (χ0v) is 17.5. The third-order valence-corrected chi connectivity index (χ3v) is 5.53. The molecule has 0 aliphatic carbocycles. The van der Waals surface area contributed by atoms with Crippen LogP contribution in [0.4, 0.5) is 5.13 Å². The minimum atomic E-state index is -0.283. The molecule has 4 rings (SSSR count). The minimum absolute atomic E-state index is 0.283. The molecule has 0 aliphatic heterocycles. The summed E-state index contributed by atoms with van der Waals surface area (Å²) < 4.78 is 7.26. The van der Waals surface area contributed by atoms with E-state index < -0.39 is 0 Å². The fourth-order valence-electron chi connectivity index (χ4n) is 3.09. The Morgan fingerprint density at radius 2 is 1.87 bits per heavy atom. The van der Waals surface area contributed by atoms with E-state index in [4.69, 9.17) is 9.84 Å². The maximum absolute atomic E-state index is 13.1. The quantitative estimate of drug-likeness (QED) is 0.484. The molecule has 8 heteroatoms. The molecule has 152 valence electrons. The van der Waals surface area contributed by atoms with Crippen molar-refractivity contribution in [3.05, 3.63) is 76.9 Å². The van der Waals surface area contributed by atoms with Crippen molar-refractivity contribution in [3.63, 3.8) is 0 Å². The first-order chi connectivity index (χ1) is 14.7. The molecule has 0 atom stereocenters. The molecule has 0 fully saturated rings. The minimum Gasteiger partial charge on any atom is -0.496 e. The van der Waals surface area contributed by atoms with Gasteiger partial charge in [0.15, 0.2) is 0 Å². The third kappa shape index (κ3) is 4.23. The van der Waals surface area contributed by atoms with Gasteiger partial charge in [0.25, 0.3) is 5.91 Å². The number of ether oxygens (including phenoxy) is 1. The number of benzene rings is 2. The molecule has 2 aromatic carbocycles.